The van der Waals surface area contributed by atoms with Crippen LogP contribution < -0.4 is 10.1 Å². The van der Waals surface area contributed by atoms with Crippen molar-refractivity contribution in [3.05, 3.63) is 29.3 Å². The monoisotopic (exact) mass is 265 g/mol. The topological polar surface area (TPSA) is 39.7 Å². The van der Waals surface area contributed by atoms with E-state index in [4.69, 9.17) is 14.2 Å². The molecule has 0 radical (unpaired) electrons. The van der Waals surface area contributed by atoms with Crippen molar-refractivity contribution in [3.63, 3.8) is 0 Å². The number of hydrogen-bond donors (Lipinski definition) is 1. The first kappa shape index (κ1) is 14.3. The van der Waals surface area contributed by atoms with Crippen molar-refractivity contribution in [1.82, 2.24) is 5.32 Å². The Morgan fingerprint density at radius 2 is 2.11 bits per heavy atom. The summed E-state index contributed by atoms with van der Waals surface area (Å²) < 4.78 is 16.3. The molecule has 1 aromatic carbocycles. The quantitative estimate of drug-likeness (QED) is 0.798. The molecule has 19 heavy (non-hydrogen) atoms. The second-order valence-electron chi connectivity index (χ2n) is 4.77. The van der Waals surface area contributed by atoms with E-state index in [1.807, 2.05) is 13.1 Å². The smallest absolute Gasteiger partial charge is 0.119 e. The van der Waals surface area contributed by atoms with E-state index in [0.29, 0.717) is 13.2 Å². The summed E-state index contributed by atoms with van der Waals surface area (Å²) in [6.45, 7) is 1.27. The Kier molecular flexibility index (Phi) is 5.19. The summed E-state index contributed by atoms with van der Waals surface area (Å²) in [5, 5.41) is 3.37. The van der Waals surface area contributed by atoms with Crippen molar-refractivity contribution in [2.24, 2.45) is 0 Å². The van der Waals surface area contributed by atoms with Gasteiger partial charge in [-0.15, -0.1) is 0 Å². The number of hydrogen-bond acceptors (Lipinski definition) is 4. The van der Waals surface area contributed by atoms with Crippen molar-refractivity contribution < 1.29 is 14.2 Å². The van der Waals surface area contributed by atoms with E-state index in [1.54, 1.807) is 14.2 Å². The van der Waals surface area contributed by atoms with Gasteiger partial charge in [-0.1, -0.05) is 6.07 Å². The molecule has 2 unspecified atom stereocenters. The summed E-state index contributed by atoms with van der Waals surface area (Å²) in [7, 11) is 5.37. The highest BCUT2D eigenvalue weighted by molar-refractivity contribution is 5.40. The fourth-order valence-corrected chi connectivity index (χ4v) is 2.69. The van der Waals surface area contributed by atoms with Crippen molar-refractivity contribution in [1.29, 1.82) is 0 Å². The minimum absolute atomic E-state index is 0.194. The molecular weight excluding hydrogens is 242 g/mol. The number of rotatable bonds is 6. The lowest BCUT2D eigenvalue weighted by Gasteiger charge is -2.33. The van der Waals surface area contributed by atoms with Gasteiger partial charge in [-0.25, -0.2) is 0 Å². The number of benzene rings is 1. The first-order chi connectivity index (χ1) is 9.30. The van der Waals surface area contributed by atoms with Gasteiger partial charge in [0, 0.05) is 7.11 Å². The predicted octanol–water partition coefficient (Wildman–Crippen LogP) is 1.93. The molecule has 4 nitrogen and oxygen atoms in total. The van der Waals surface area contributed by atoms with Gasteiger partial charge in [0.05, 0.1) is 32.5 Å². The van der Waals surface area contributed by atoms with Gasteiger partial charge in [-0.05, 0) is 43.1 Å². The molecule has 106 valence electrons. The Labute approximate surface area is 115 Å². The highest BCUT2D eigenvalue weighted by Crippen LogP contribution is 2.34. The first-order valence-electron chi connectivity index (χ1n) is 6.74. The lowest BCUT2D eigenvalue weighted by molar-refractivity contribution is -0.00875. The fourth-order valence-electron chi connectivity index (χ4n) is 2.69. The molecular formula is C15H23NO3. The van der Waals surface area contributed by atoms with Crippen LogP contribution in [0.3, 0.4) is 0 Å². The standard InChI is InChI=1S/C15H23NO3/c1-16-15-13-10-12(18-3)6-4-11(13)5-7-14(15)19-9-8-17-2/h4,6,10,14-16H,5,7-9H2,1-3H3. The second kappa shape index (κ2) is 6.89. The van der Waals surface area contributed by atoms with Crippen LogP contribution in [-0.4, -0.2) is 40.6 Å². The number of ether oxygens (including phenoxy) is 3. The van der Waals surface area contributed by atoms with E-state index in [9.17, 15) is 0 Å². The molecule has 0 saturated carbocycles. The van der Waals surface area contributed by atoms with Gasteiger partial charge >= 0.3 is 0 Å². The molecule has 0 fully saturated rings. The average molecular weight is 265 g/mol. The molecule has 0 bridgehead atoms. The molecule has 1 aliphatic carbocycles. The van der Waals surface area contributed by atoms with Crippen molar-refractivity contribution in [3.8, 4) is 5.75 Å². The SMILES string of the molecule is CNC1c2cc(OC)ccc2CCC1OCCOC. The van der Waals surface area contributed by atoms with Crippen LogP contribution in [0.25, 0.3) is 0 Å². The van der Waals surface area contributed by atoms with E-state index >= 15 is 0 Å². The van der Waals surface area contributed by atoms with Gasteiger partial charge in [0.1, 0.15) is 5.75 Å². The van der Waals surface area contributed by atoms with Gasteiger partial charge in [0.25, 0.3) is 0 Å². The van der Waals surface area contributed by atoms with Crippen LogP contribution in [0.4, 0.5) is 0 Å². The molecule has 0 spiro atoms. The maximum atomic E-state index is 5.93. The predicted molar refractivity (Wildman–Crippen MR) is 74.7 cm³/mol. The molecule has 1 aliphatic rings. The van der Waals surface area contributed by atoms with Crippen molar-refractivity contribution in [2.45, 2.75) is 25.0 Å². The summed E-state index contributed by atoms with van der Waals surface area (Å²) in [4.78, 5) is 0. The summed E-state index contributed by atoms with van der Waals surface area (Å²) in [6.07, 6.45) is 2.28. The molecule has 1 aromatic rings. The minimum atomic E-state index is 0.194. The van der Waals surface area contributed by atoms with Crippen molar-refractivity contribution in [2.75, 3.05) is 34.5 Å². The first-order valence-corrected chi connectivity index (χ1v) is 6.74. The normalized spacial score (nSPS) is 22.1. The molecule has 2 atom stereocenters. The third kappa shape index (κ3) is 3.26. The van der Waals surface area contributed by atoms with Crippen LogP contribution in [0, 0.1) is 0 Å². The summed E-state index contributed by atoms with van der Waals surface area (Å²) in [5.41, 5.74) is 2.67. The minimum Gasteiger partial charge on any atom is -0.497 e. The molecule has 0 heterocycles. The van der Waals surface area contributed by atoms with E-state index < -0.39 is 0 Å². The van der Waals surface area contributed by atoms with E-state index in [2.05, 4.69) is 17.4 Å². The molecule has 0 amide bonds. The lowest BCUT2D eigenvalue weighted by atomic mass is 9.85. The molecule has 4 heteroatoms. The zero-order valence-electron chi connectivity index (χ0n) is 11.9. The van der Waals surface area contributed by atoms with Crippen LogP contribution in [0.2, 0.25) is 0 Å². The molecule has 1 N–H and O–H groups in total. The van der Waals surface area contributed by atoms with Crippen molar-refractivity contribution >= 4 is 0 Å². The molecule has 2 rings (SSSR count). The fraction of sp³-hybridized carbons (Fsp3) is 0.600. The van der Waals surface area contributed by atoms with Gasteiger partial charge in [-0.2, -0.15) is 0 Å². The van der Waals surface area contributed by atoms with Gasteiger partial charge in [0.15, 0.2) is 0 Å². The Morgan fingerprint density at radius 1 is 1.26 bits per heavy atom. The second-order valence-corrected chi connectivity index (χ2v) is 4.77. The van der Waals surface area contributed by atoms with Crippen LogP contribution in [0.1, 0.15) is 23.6 Å². The number of nitrogens with one attached hydrogen (secondary N) is 1. The highest BCUT2D eigenvalue weighted by atomic mass is 16.5. The maximum absolute atomic E-state index is 5.93. The third-order valence-electron chi connectivity index (χ3n) is 3.69. The maximum Gasteiger partial charge on any atom is 0.119 e. The third-order valence-corrected chi connectivity index (χ3v) is 3.69. The van der Waals surface area contributed by atoms with E-state index in [0.717, 1.165) is 18.6 Å². The largest absolute Gasteiger partial charge is 0.497 e. The van der Waals surface area contributed by atoms with Crippen LogP contribution in [0.5, 0.6) is 5.75 Å². The number of fused-ring (bicyclic) bond motifs is 1. The summed E-state index contributed by atoms with van der Waals surface area (Å²) in [6, 6.07) is 6.51. The summed E-state index contributed by atoms with van der Waals surface area (Å²) in [5.74, 6) is 0.900. The van der Waals surface area contributed by atoms with Gasteiger partial charge in [0.2, 0.25) is 0 Å². The van der Waals surface area contributed by atoms with E-state index in [-0.39, 0.29) is 12.1 Å². The Bertz CT molecular complexity index is 408. The zero-order chi connectivity index (χ0) is 13.7. The lowest BCUT2D eigenvalue weighted by Crippen LogP contribution is -2.36. The average Bonchev–Trinajstić information content (AvgIpc) is 2.46. The highest BCUT2D eigenvalue weighted by Gasteiger charge is 2.29. The number of methoxy groups -OCH3 is 2. The van der Waals surface area contributed by atoms with E-state index in [1.165, 1.54) is 11.1 Å². The molecule has 0 aliphatic heterocycles. The summed E-state index contributed by atoms with van der Waals surface area (Å²) >= 11 is 0. The van der Waals surface area contributed by atoms with Crippen LogP contribution in [0.15, 0.2) is 18.2 Å². The van der Waals surface area contributed by atoms with Crippen LogP contribution >= 0.6 is 0 Å². The number of likely N-dealkylation sites (N-methyl/N-ethyl adjacent to an activating group) is 1. The number of aryl methyl sites for hydroxylation is 1. The Balaban J connectivity index is 2.14. The zero-order valence-corrected chi connectivity index (χ0v) is 11.9. The van der Waals surface area contributed by atoms with Crippen LogP contribution in [-0.2, 0) is 15.9 Å². The molecule has 0 saturated heterocycles. The Morgan fingerprint density at radius 3 is 2.79 bits per heavy atom. The van der Waals surface area contributed by atoms with Gasteiger partial charge in [-0.3, -0.25) is 0 Å². The molecule has 0 aromatic heterocycles. The van der Waals surface area contributed by atoms with Gasteiger partial charge < -0.3 is 19.5 Å². The Hall–Kier alpha value is -1.10.